The molecule has 0 saturated heterocycles. The van der Waals surface area contributed by atoms with Crippen molar-refractivity contribution in [3.8, 4) is 28.6 Å². The predicted molar refractivity (Wildman–Crippen MR) is 110 cm³/mol. The molecule has 148 valence electrons. The average Bonchev–Trinajstić information content (AvgIpc) is 2.72. The van der Waals surface area contributed by atoms with Crippen LogP contribution in [0.15, 0.2) is 51.9 Å². The standard InChI is InChI=1S/C22H26N2O4/c1-24(2)11-10-23-18-14-21(15-6-8-20(26-4)22(12-15)27-5)28-19-9-7-16(25-3)13-17(18)19/h6-9,12-14H,10-11H2,1-5H3. The van der Waals surface area contributed by atoms with Crippen molar-refractivity contribution in [1.82, 2.24) is 4.90 Å². The highest BCUT2D eigenvalue weighted by atomic mass is 16.5. The molecule has 2 aromatic carbocycles. The van der Waals surface area contributed by atoms with Gasteiger partial charge in [-0.3, -0.25) is 4.99 Å². The topological polar surface area (TPSA) is 56.4 Å². The SMILES string of the molecule is COc1ccc2oc(-c3ccc(OC)c(OC)c3)cc(=NCCN(C)C)c2c1. The van der Waals surface area contributed by atoms with Gasteiger partial charge in [-0.15, -0.1) is 0 Å². The number of benzene rings is 2. The van der Waals surface area contributed by atoms with Crippen LogP contribution in [0.1, 0.15) is 0 Å². The maximum absolute atomic E-state index is 6.17. The quantitative estimate of drug-likeness (QED) is 0.625. The molecule has 3 aromatic rings. The number of methoxy groups -OCH3 is 3. The zero-order chi connectivity index (χ0) is 20.1. The number of fused-ring (bicyclic) bond motifs is 1. The maximum atomic E-state index is 6.17. The number of hydrogen-bond donors (Lipinski definition) is 0. The molecule has 0 N–H and O–H groups in total. The summed E-state index contributed by atoms with van der Waals surface area (Å²) >= 11 is 0. The van der Waals surface area contributed by atoms with Gasteiger partial charge in [0.25, 0.3) is 0 Å². The normalized spacial score (nSPS) is 11.9. The summed E-state index contributed by atoms with van der Waals surface area (Å²) < 4.78 is 22.3. The van der Waals surface area contributed by atoms with E-state index in [1.807, 2.05) is 56.6 Å². The Morgan fingerprint density at radius 1 is 0.893 bits per heavy atom. The summed E-state index contributed by atoms with van der Waals surface area (Å²) in [4.78, 5) is 6.91. The predicted octanol–water partition coefficient (Wildman–Crippen LogP) is 3.59. The minimum atomic E-state index is 0.649. The Kier molecular flexibility index (Phi) is 6.21. The third-order valence-electron chi connectivity index (χ3n) is 4.45. The van der Waals surface area contributed by atoms with E-state index in [-0.39, 0.29) is 0 Å². The van der Waals surface area contributed by atoms with Crippen LogP contribution in [-0.4, -0.2) is 53.4 Å². The average molecular weight is 382 g/mol. The Labute approximate surface area is 165 Å². The summed E-state index contributed by atoms with van der Waals surface area (Å²) in [5.41, 5.74) is 1.64. The van der Waals surface area contributed by atoms with Crippen molar-refractivity contribution < 1.29 is 18.6 Å². The summed E-state index contributed by atoms with van der Waals surface area (Å²) in [6.07, 6.45) is 0. The van der Waals surface area contributed by atoms with E-state index in [1.165, 1.54) is 0 Å². The molecule has 0 bridgehead atoms. The van der Waals surface area contributed by atoms with Crippen LogP contribution in [0, 0.1) is 0 Å². The number of rotatable bonds is 7. The van der Waals surface area contributed by atoms with E-state index in [0.29, 0.717) is 23.8 Å². The molecule has 0 radical (unpaired) electrons. The second-order valence-electron chi connectivity index (χ2n) is 6.61. The third-order valence-corrected chi connectivity index (χ3v) is 4.45. The molecule has 0 aliphatic rings. The van der Waals surface area contributed by atoms with Gasteiger partial charge in [0, 0.05) is 23.6 Å². The molecule has 0 atom stereocenters. The molecular formula is C22H26N2O4. The van der Waals surface area contributed by atoms with Crippen molar-refractivity contribution in [2.75, 3.05) is 48.5 Å². The molecule has 0 aliphatic carbocycles. The lowest BCUT2D eigenvalue weighted by Crippen LogP contribution is -2.17. The van der Waals surface area contributed by atoms with Gasteiger partial charge in [0.2, 0.25) is 0 Å². The summed E-state index contributed by atoms with van der Waals surface area (Å²) in [6, 6.07) is 13.4. The first kappa shape index (κ1) is 19.8. The van der Waals surface area contributed by atoms with Crippen LogP contribution in [-0.2, 0) is 0 Å². The summed E-state index contributed by atoms with van der Waals surface area (Å²) in [5.74, 6) is 2.80. The van der Waals surface area contributed by atoms with E-state index >= 15 is 0 Å². The monoisotopic (exact) mass is 382 g/mol. The van der Waals surface area contributed by atoms with Crippen LogP contribution >= 0.6 is 0 Å². The lowest BCUT2D eigenvalue weighted by molar-refractivity contribution is 0.355. The molecule has 0 saturated carbocycles. The zero-order valence-corrected chi connectivity index (χ0v) is 17.0. The Balaban J connectivity index is 2.16. The first-order valence-corrected chi connectivity index (χ1v) is 9.05. The molecule has 1 aromatic heterocycles. The van der Waals surface area contributed by atoms with E-state index in [1.54, 1.807) is 21.3 Å². The fourth-order valence-corrected chi connectivity index (χ4v) is 2.91. The summed E-state index contributed by atoms with van der Waals surface area (Å²) in [6.45, 7) is 1.55. The van der Waals surface area contributed by atoms with E-state index in [4.69, 9.17) is 23.6 Å². The minimum absolute atomic E-state index is 0.649. The highest BCUT2D eigenvalue weighted by Crippen LogP contribution is 2.33. The first-order chi connectivity index (χ1) is 13.5. The summed E-state index contributed by atoms with van der Waals surface area (Å²) in [7, 11) is 8.96. The highest BCUT2D eigenvalue weighted by molar-refractivity contribution is 5.80. The van der Waals surface area contributed by atoms with Gasteiger partial charge in [0.1, 0.15) is 17.1 Å². The van der Waals surface area contributed by atoms with Gasteiger partial charge in [0.15, 0.2) is 11.5 Å². The van der Waals surface area contributed by atoms with Crippen LogP contribution in [0.2, 0.25) is 0 Å². The van der Waals surface area contributed by atoms with Crippen molar-refractivity contribution >= 4 is 11.0 Å². The van der Waals surface area contributed by atoms with Crippen LogP contribution in [0.5, 0.6) is 17.2 Å². The van der Waals surface area contributed by atoms with E-state index < -0.39 is 0 Å². The van der Waals surface area contributed by atoms with E-state index in [0.717, 1.165) is 34.2 Å². The summed E-state index contributed by atoms with van der Waals surface area (Å²) in [5, 5.41) is 1.79. The second kappa shape index (κ2) is 8.80. The molecule has 0 spiro atoms. The number of likely N-dealkylation sites (N-methyl/N-ethyl adjacent to an activating group) is 1. The van der Waals surface area contributed by atoms with Gasteiger partial charge in [0.05, 0.1) is 33.2 Å². The fourth-order valence-electron chi connectivity index (χ4n) is 2.91. The number of nitrogens with zero attached hydrogens (tertiary/aromatic N) is 2. The van der Waals surface area contributed by atoms with Crippen LogP contribution in [0.3, 0.4) is 0 Å². The minimum Gasteiger partial charge on any atom is -0.497 e. The molecule has 0 unspecified atom stereocenters. The Morgan fingerprint density at radius 3 is 2.36 bits per heavy atom. The molecule has 1 heterocycles. The van der Waals surface area contributed by atoms with Crippen LogP contribution < -0.4 is 19.6 Å². The molecule has 6 nitrogen and oxygen atoms in total. The molecule has 28 heavy (non-hydrogen) atoms. The second-order valence-corrected chi connectivity index (χ2v) is 6.61. The molecule has 0 fully saturated rings. The van der Waals surface area contributed by atoms with Gasteiger partial charge in [-0.2, -0.15) is 0 Å². The van der Waals surface area contributed by atoms with E-state index in [9.17, 15) is 0 Å². The third kappa shape index (κ3) is 4.28. The zero-order valence-electron chi connectivity index (χ0n) is 17.0. The van der Waals surface area contributed by atoms with Gasteiger partial charge < -0.3 is 23.5 Å². The van der Waals surface area contributed by atoms with Gasteiger partial charge in [-0.1, -0.05) is 0 Å². The number of hydrogen-bond acceptors (Lipinski definition) is 6. The largest absolute Gasteiger partial charge is 0.497 e. The number of ether oxygens (including phenoxy) is 3. The molecule has 0 aliphatic heterocycles. The lowest BCUT2D eigenvalue weighted by Gasteiger charge is -2.11. The first-order valence-electron chi connectivity index (χ1n) is 9.05. The molecular weight excluding hydrogens is 356 g/mol. The van der Waals surface area contributed by atoms with Gasteiger partial charge in [-0.05, 0) is 50.5 Å². The fraction of sp³-hybridized carbons (Fsp3) is 0.318. The Hall–Kier alpha value is -2.99. The van der Waals surface area contributed by atoms with Crippen LogP contribution in [0.4, 0.5) is 0 Å². The molecule has 0 amide bonds. The molecule has 3 rings (SSSR count). The highest BCUT2D eigenvalue weighted by Gasteiger charge is 2.11. The lowest BCUT2D eigenvalue weighted by atomic mass is 10.1. The maximum Gasteiger partial charge on any atom is 0.161 e. The Morgan fingerprint density at radius 2 is 1.68 bits per heavy atom. The van der Waals surface area contributed by atoms with Crippen molar-refractivity contribution in [3.63, 3.8) is 0 Å². The van der Waals surface area contributed by atoms with Crippen molar-refractivity contribution in [3.05, 3.63) is 47.8 Å². The molecule has 6 heteroatoms. The van der Waals surface area contributed by atoms with Crippen molar-refractivity contribution in [1.29, 1.82) is 0 Å². The van der Waals surface area contributed by atoms with Gasteiger partial charge >= 0.3 is 0 Å². The van der Waals surface area contributed by atoms with Crippen molar-refractivity contribution in [2.24, 2.45) is 4.99 Å². The van der Waals surface area contributed by atoms with Crippen LogP contribution in [0.25, 0.3) is 22.3 Å². The van der Waals surface area contributed by atoms with Gasteiger partial charge in [-0.25, -0.2) is 0 Å². The Bertz CT molecular complexity index is 1020. The van der Waals surface area contributed by atoms with E-state index in [2.05, 4.69) is 4.90 Å². The smallest absolute Gasteiger partial charge is 0.161 e. The van der Waals surface area contributed by atoms with Crippen molar-refractivity contribution in [2.45, 2.75) is 0 Å².